The van der Waals surface area contributed by atoms with Gasteiger partial charge in [-0.05, 0) is 31.9 Å². The molecular formula is C16H20N4O2S. The van der Waals surface area contributed by atoms with Gasteiger partial charge in [0.2, 0.25) is 5.91 Å². The highest BCUT2D eigenvalue weighted by Gasteiger charge is 2.28. The van der Waals surface area contributed by atoms with E-state index in [1.165, 1.54) is 0 Å². The zero-order chi connectivity index (χ0) is 16.4. The normalized spacial score (nSPS) is 22.0. The van der Waals surface area contributed by atoms with E-state index in [4.69, 9.17) is 0 Å². The average Bonchev–Trinajstić information content (AvgIpc) is 3.16. The Labute approximate surface area is 139 Å². The van der Waals surface area contributed by atoms with Crippen molar-refractivity contribution in [1.29, 1.82) is 0 Å². The standard InChI is InChI=1S/C16H20N4O2S/c1-9(20-16(22)14-5-12(21)7-18-14)11-3-4-13(17-6-11)15-10(2)19-8-23-15/h3-4,6,8-9,12,14,18,21H,5,7H2,1-2H3,(H,20,22)/t9?,12-,14+/m1/s1. The third-order valence-electron chi connectivity index (χ3n) is 4.05. The number of aryl methyl sites for hydroxylation is 1. The highest BCUT2D eigenvalue weighted by Crippen LogP contribution is 2.26. The number of carbonyl (C=O) groups excluding carboxylic acids is 1. The zero-order valence-electron chi connectivity index (χ0n) is 13.1. The van der Waals surface area contributed by atoms with E-state index in [0.29, 0.717) is 13.0 Å². The molecule has 0 aromatic carbocycles. The van der Waals surface area contributed by atoms with E-state index >= 15 is 0 Å². The lowest BCUT2D eigenvalue weighted by molar-refractivity contribution is -0.123. The Balaban J connectivity index is 1.65. The van der Waals surface area contributed by atoms with Gasteiger partial charge in [0.15, 0.2) is 0 Å². The largest absolute Gasteiger partial charge is 0.392 e. The molecule has 3 atom stereocenters. The molecule has 1 unspecified atom stereocenters. The summed E-state index contributed by atoms with van der Waals surface area (Å²) in [6.07, 6.45) is 1.81. The highest BCUT2D eigenvalue weighted by atomic mass is 32.1. The summed E-state index contributed by atoms with van der Waals surface area (Å²) in [4.78, 5) is 21.9. The molecular weight excluding hydrogens is 312 g/mol. The van der Waals surface area contributed by atoms with Crippen molar-refractivity contribution < 1.29 is 9.90 Å². The van der Waals surface area contributed by atoms with Gasteiger partial charge in [-0.3, -0.25) is 9.78 Å². The van der Waals surface area contributed by atoms with Crippen LogP contribution in [-0.2, 0) is 4.79 Å². The van der Waals surface area contributed by atoms with Crippen molar-refractivity contribution in [2.75, 3.05) is 6.54 Å². The number of aliphatic hydroxyl groups is 1. The predicted molar refractivity (Wildman–Crippen MR) is 89.1 cm³/mol. The van der Waals surface area contributed by atoms with Crippen LogP contribution in [0.2, 0.25) is 0 Å². The molecule has 2 aromatic rings. The number of nitrogens with zero attached hydrogens (tertiary/aromatic N) is 2. The van der Waals surface area contributed by atoms with Crippen LogP contribution in [-0.4, -0.2) is 39.7 Å². The Kier molecular flexibility index (Phi) is 4.70. The molecule has 3 heterocycles. The predicted octanol–water partition coefficient (Wildman–Crippen LogP) is 1.41. The fourth-order valence-corrected chi connectivity index (χ4v) is 3.44. The number of hydrogen-bond acceptors (Lipinski definition) is 6. The second kappa shape index (κ2) is 6.74. The van der Waals surface area contributed by atoms with Crippen molar-refractivity contribution in [2.24, 2.45) is 0 Å². The SMILES string of the molecule is Cc1ncsc1-c1ccc(C(C)NC(=O)[C@@H]2C[C@@H](O)CN2)cn1. The van der Waals surface area contributed by atoms with E-state index in [1.54, 1.807) is 17.5 Å². The number of nitrogens with one attached hydrogen (secondary N) is 2. The Hall–Kier alpha value is -1.83. The summed E-state index contributed by atoms with van der Waals surface area (Å²) < 4.78 is 0. The van der Waals surface area contributed by atoms with Crippen LogP contribution in [0, 0.1) is 6.92 Å². The first-order valence-corrected chi connectivity index (χ1v) is 8.51. The second-order valence-electron chi connectivity index (χ2n) is 5.82. The minimum atomic E-state index is -0.440. The smallest absolute Gasteiger partial charge is 0.237 e. The molecule has 3 rings (SSSR count). The lowest BCUT2D eigenvalue weighted by atomic mass is 10.1. The van der Waals surface area contributed by atoms with E-state index in [2.05, 4.69) is 20.6 Å². The van der Waals surface area contributed by atoms with E-state index in [1.807, 2.05) is 31.5 Å². The van der Waals surface area contributed by atoms with Crippen molar-refractivity contribution in [1.82, 2.24) is 20.6 Å². The number of pyridine rings is 1. The first-order valence-electron chi connectivity index (χ1n) is 7.63. The average molecular weight is 332 g/mol. The van der Waals surface area contributed by atoms with Crippen molar-refractivity contribution in [3.8, 4) is 10.6 Å². The van der Waals surface area contributed by atoms with E-state index in [-0.39, 0.29) is 18.0 Å². The minimum Gasteiger partial charge on any atom is -0.392 e. The topological polar surface area (TPSA) is 87.1 Å². The summed E-state index contributed by atoms with van der Waals surface area (Å²) in [5, 5.41) is 15.5. The number of thiazole rings is 1. The van der Waals surface area contributed by atoms with Crippen molar-refractivity contribution >= 4 is 17.2 Å². The Morgan fingerprint density at radius 1 is 1.48 bits per heavy atom. The van der Waals surface area contributed by atoms with E-state index < -0.39 is 6.10 Å². The van der Waals surface area contributed by atoms with Crippen LogP contribution in [0.25, 0.3) is 10.6 Å². The van der Waals surface area contributed by atoms with Crippen LogP contribution in [0.1, 0.15) is 30.6 Å². The number of amides is 1. The maximum Gasteiger partial charge on any atom is 0.237 e. The third-order valence-corrected chi connectivity index (χ3v) is 5.00. The molecule has 1 fully saturated rings. The van der Waals surface area contributed by atoms with Crippen LogP contribution in [0.5, 0.6) is 0 Å². The maximum atomic E-state index is 12.2. The number of hydrogen-bond donors (Lipinski definition) is 3. The van der Waals surface area contributed by atoms with Gasteiger partial charge >= 0.3 is 0 Å². The van der Waals surface area contributed by atoms with Gasteiger partial charge in [0.25, 0.3) is 0 Å². The van der Waals surface area contributed by atoms with Crippen LogP contribution in [0.4, 0.5) is 0 Å². The van der Waals surface area contributed by atoms with Gasteiger partial charge < -0.3 is 15.7 Å². The number of β-amino-alcohol motifs (C(OH)–C–C–N with tert-alkyl or cyclic N) is 1. The second-order valence-corrected chi connectivity index (χ2v) is 6.68. The minimum absolute atomic E-state index is 0.0866. The van der Waals surface area contributed by atoms with Gasteiger partial charge in [0.1, 0.15) is 0 Å². The van der Waals surface area contributed by atoms with Crippen molar-refractivity contribution in [3.05, 3.63) is 35.1 Å². The number of aromatic nitrogens is 2. The molecule has 1 aliphatic heterocycles. The van der Waals surface area contributed by atoms with Crippen molar-refractivity contribution in [3.63, 3.8) is 0 Å². The van der Waals surface area contributed by atoms with Gasteiger partial charge in [-0.1, -0.05) is 6.07 Å². The van der Waals surface area contributed by atoms with E-state index in [0.717, 1.165) is 21.8 Å². The molecule has 122 valence electrons. The lowest BCUT2D eigenvalue weighted by Gasteiger charge is -2.17. The summed E-state index contributed by atoms with van der Waals surface area (Å²) >= 11 is 1.57. The molecule has 0 aliphatic carbocycles. The molecule has 0 radical (unpaired) electrons. The van der Waals surface area contributed by atoms with Gasteiger partial charge in [-0.15, -0.1) is 11.3 Å². The number of aliphatic hydroxyl groups excluding tert-OH is 1. The maximum absolute atomic E-state index is 12.2. The Morgan fingerprint density at radius 3 is 2.87 bits per heavy atom. The Morgan fingerprint density at radius 2 is 2.30 bits per heavy atom. The molecule has 7 heteroatoms. The fourth-order valence-electron chi connectivity index (χ4n) is 2.66. The summed E-state index contributed by atoms with van der Waals surface area (Å²) in [7, 11) is 0. The van der Waals surface area contributed by atoms with Gasteiger partial charge in [0.05, 0.1) is 40.0 Å². The summed E-state index contributed by atoms with van der Waals surface area (Å²) in [5.74, 6) is -0.0866. The number of carbonyl (C=O) groups is 1. The molecule has 3 N–H and O–H groups in total. The molecule has 0 bridgehead atoms. The van der Waals surface area contributed by atoms with Crippen LogP contribution < -0.4 is 10.6 Å². The van der Waals surface area contributed by atoms with Gasteiger partial charge in [0, 0.05) is 12.7 Å². The summed E-state index contributed by atoms with van der Waals surface area (Å²) in [6.45, 7) is 4.36. The van der Waals surface area contributed by atoms with Crippen molar-refractivity contribution in [2.45, 2.75) is 38.5 Å². The van der Waals surface area contributed by atoms with Crippen LogP contribution in [0.3, 0.4) is 0 Å². The lowest BCUT2D eigenvalue weighted by Crippen LogP contribution is -2.41. The summed E-state index contributed by atoms with van der Waals surface area (Å²) in [6, 6.07) is 3.48. The van der Waals surface area contributed by atoms with Gasteiger partial charge in [-0.25, -0.2) is 4.98 Å². The molecule has 0 saturated carbocycles. The molecule has 1 amide bonds. The first kappa shape index (κ1) is 16.0. The highest BCUT2D eigenvalue weighted by molar-refractivity contribution is 7.13. The quantitative estimate of drug-likeness (QED) is 0.788. The number of rotatable bonds is 4. The molecule has 23 heavy (non-hydrogen) atoms. The fraction of sp³-hybridized carbons (Fsp3) is 0.438. The van der Waals surface area contributed by atoms with Crippen LogP contribution >= 0.6 is 11.3 Å². The van der Waals surface area contributed by atoms with E-state index in [9.17, 15) is 9.90 Å². The monoisotopic (exact) mass is 332 g/mol. The molecule has 6 nitrogen and oxygen atoms in total. The molecule has 1 aliphatic rings. The Bertz CT molecular complexity index is 686. The van der Waals surface area contributed by atoms with Crippen LogP contribution in [0.15, 0.2) is 23.8 Å². The molecule has 0 spiro atoms. The third kappa shape index (κ3) is 3.57. The molecule has 2 aromatic heterocycles. The summed E-state index contributed by atoms with van der Waals surface area (Å²) in [5.41, 5.74) is 4.63. The first-order chi connectivity index (χ1) is 11.0. The zero-order valence-corrected chi connectivity index (χ0v) is 13.9. The molecule has 1 saturated heterocycles. The van der Waals surface area contributed by atoms with Gasteiger partial charge in [-0.2, -0.15) is 0 Å².